The summed E-state index contributed by atoms with van der Waals surface area (Å²) >= 11 is 0. The van der Waals surface area contributed by atoms with Crippen molar-refractivity contribution in [2.45, 2.75) is 46.2 Å². The molecular weight excluding hydrogens is 226 g/mol. The van der Waals surface area contributed by atoms with Gasteiger partial charge in [-0.2, -0.15) is 5.10 Å². The molecule has 0 aliphatic rings. The standard InChI is InChI=1S/C14H21N3O/c1-5-14(3,4)15-8-11-9-16-17-13(11)12-7-6-10(2)18-12/h6-7,9,15H,5,8H2,1-4H3,(H,16,17). The van der Waals surface area contributed by atoms with Crippen molar-refractivity contribution in [1.82, 2.24) is 15.5 Å². The van der Waals surface area contributed by atoms with Crippen LogP contribution in [0, 0.1) is 6.92 Å². The number of nitrogens with zero attached hydrogens (tertiary/aromatic N) is 1. The van der Waals surface area contributed by atoms with Crippen LogP contribution >= 0.6 is 0 Å². The fourth-order valence-electron chi connectivity index (χ4n) is 1.69. The molecule has 0 bridgehead atoms. The number of H-pyrrole nitrogens is 1. The Morgan fingerprint density at radius 2 is 2.17 bits per heavy atom. The molecule has 4 heteroatoms. The summed E-state index contributed by atoms with van der Waals surface area (Å²) in [6.45, 7) is 9.30. The highest BCUT2D eigenvalue weighted by Crippen LogP contribution is 2.23. The Hall–Kier alpha value is -1.55. The van der Waals surface area contributed by atoms with E-state index in [1.807, 2.05) is 25.3 Å². The van der Waals surface area contributed by atoms with E-state index in [-0.39, 0.29) is 5.54 Å². The molecule has 4 nitrogen and oxygen atoms in total. The molecule has 2 N–H and O–H groups in total. The zero-order valence-corrected chi connectivity index (χ0v) is 11.5. The summed E-state index contributed by atoms with van der Waals surface area (Å²) in [7, 11) is 0. The number of rotatable bonds is 5. The van der Waals surface area contributed by atoms with E-state index in [1.165, 1.54) is 0 Å². The summed E-state index contributed by atoms with van der Waals surface area (Å²) in [4.78, 5) is 0. The van der Waals surface area contributed by atoms with Gasteiger partial charge in [-0.3, -0.25) is 5.10 Å². The van der Waals surface area contributed by atoms with Gasteiger partial charge in [0.05, 0.1) is 6.20 Å². The highest BCUT2D eigenvalue weighted by molar-refractivity contribution is 5.56. The zero-order chi connectivity index (χ0) is 13.2. The van der Waals surface area contributed by atoms with E-state index in [4.69, 9.17) is 4.42 Å². The van der Waals surface area contributed by atoms with Crippen LogP contribution in [0.2, 0.25) is 0 Å². The van der Waals surface area contributed by atoms with Crippen molar-refractivity contribution in [1.29, 1.82) is 0 Å². The highest BCUT2D eigenvalue weighted by Gasteiger charge is 2.16. The van der Waals surface area contributed by atoms with Gasteiger partial charge in [0, 0.05) is 17.6 Å². The summed E-state index contributed by atoms with van der Waals surface area (Å²) in [5.74, 6) is 1.75. The predicted molar refractivity (Wildman–Crippen MR) is 72.2 cm³/mol. The second-order valence-corrected chi connectivity index (χ2v) is 5.27. The van der Waals surface area contributed by atoms with Crippen molar-refractivity contribution in [2.24, 2.45) is 0 Å². The van der Waals surface area contributed by atoms with Gasteiger partial charge in [-0.15, -0.1) is 0 Å². The molecule has 2 aromatic heterocycles. The summed E-state index contributed by atoms with van der Waals surface area (Å²) in [6.07, 6.45) is 2.94. The lowest BCUT2D eigenvalue weighted by atomic mass is 10.0. The van der Waals surface area contributed by atoms with Crippen molar-refractivity contribution in [3.8, 4) is 11.5 Å². The third kappa shape index (κ3) is 2.82. The zero-order valence-electron chi connectivity index (χ0n) is 11.5. The van der Waals surface area contributed by atoms with Crippen LogP contribution in [0.5, 0.6) is 0 Å². The van der Waals surface area contributed by atoms with Crippen molar-refractivity contribution >= 4 is 0 Å². The number of furan rings is 1. The quantitative estimate of drug-likeness (QED) is 0.852. The van der Waals surface area contributed by atoms with Gasteiger partial charge in [0.2, 0.25) is 0 Å². The van der Waals surface area contributed by atoms with Gasteiger partial charge in [-0.25, -0.2) is 0 Å². The number of aryl methyl sites for hydroxylation is 1. The molecule has 2 aromatic rings. The Labute approximate surface area is 108 Å². The van der Waals surface area contributed by atoms with Gasteiger partial charge in [0.15, 0.2) is 5.76 Å². The van der Waals surface area contributed by atoms with Crippen LogP contribution in [0.3, 0.4) is 0 Å². The van der Waals surface area contributed by atoms with Crippen LogP contribution in [-0.2, 0) is 6.54 Å². The van der Waals surface area contributed by atoms with Gasteiger partial charge in [0.25, 0.3) is 0 Å². The lowest BCUT2D eigenvalue weighted by Crippen LogP contribution is -2.37. The summed E-state index contributed by atoms with van der Waals surface area (Å²) in [6, 6.07) is 3.93. The van der Waals surface area contributed by atoms with Crippen LogP contribution in [0.15, 0.2) is 22.7 Å². The molecule has 0 aliphatic carbocycles. The summed E-state index contributed by atoms with van der Waals surface area (Å²) < 4.78 is 5.63. The van der Waals surface area contributed by atoms with Gasteiger partial charge in [-0.1, -0.05) is 6.92 Å². The van der Waals surface area contributed by atoms with Gasteiger partial charge in [0.1, 0.15) is 11.5 Å². The number of hydrogen-bond acceptors (Lipinski definition) is 3. The van der Waals surface area contributed by atoms with Gasteiger partial charge >= 0.3 is 0 Å². The molecule has 2 rings (SSSR count). The molecule has 0 atom stereocenters. The van der Waals surface area contributed by atoms with E-state index in [9.17, 15) is 0 Å². The van der Waals surface area contributed by atoms with E-state index >= 15 is 0 Å². The summed E-state index contributed by atoms with van der Waals surface area (Å²) in [5, 5.41) is 10.6. The Morgan fingerprint density at radius 3 is 2.78 bits per heavy atom. The maximum Gasteiger partial charge on any atom is 0.152 e. The molecule has 0 fully saturated rings. The molecule has 2 heterocycles. The molecule has 0 saturated carbocycles. The second-order valence-electron chi connectivity index (χ2n) is 5.27. The molecule has 0 spiro atoms. The second kappa shape index (κ2) is 4.98. The lowest BCUT2D eigenvalue weighted by molar-refractivity contribution is 0.374. The first-order chi connectivity index (χ1) is 8.52. The number of aromatic amines is 1. The SMILES string of the molecule is CCC(C)(C)NCc1cn[nH]c1-c1ccc(C)o1. The Kier molecular flexibility index (Phi) is 3.57. The van der Waals surface area contributed by atoms with Gasteiger partial charge in [-0.05, 0) is 39.3 Å². The number of aromatic nitrogens is 2. The Balaban J connectivity index is 2.14. The van der Waals surface area contributed by atoms with Crippen molar-refractivity contribution < 1.29 is 4.42 Å². The van der Waals surface area contributed by atoms with E-state index in [1.54, 1.807) is 0 Å². The molecule has 0 saturated heterocycles. The predicted octanol–water partition coefficient (Wildman–Crippen LogP) is 3.26. The third-order valence-electron chi connectivity index (χ3n) is 3.35. The first kappa shape index (κ1) is 12.9. The minimum absolute atomic E-state index is 0.133. The van der Waals surface area contributed by atoms with Gasteiger partial charge < -0.3 is 9.73 Å². The fraction of sp³-hybridized carbons (Fsp3) is 0.500. The molecule has 0 aliphatic heterocycles. The lowest BCUT2D eigenvalue weighted by Gasteiger charge is -2.24. The van der Waals surface area contributed by atoms with Crippen molar-refractivity contribution in [3.05, 3.63) is 29.7 Å². The first-order valence-electron chi connectivity index (χ1n) is 6.36. The minimum Gasteiger partial charge on any atom is -0.460 e. The first-order valence-corrected chi connectivity index (χ1v) is 6.36. The summed E-state index contributed by atoms with van der Waals surface area (Å²) in [5.41, 5.74) is 2.22. The maximum absolute atomic E-state index is 5.63. The van der Waals surface area contributed by atoms with Crippen LogP contribution < -0.4 is 5.32 Å². The fourth-order valence-corrected chi connectivity index (χ4v) is 1.69. The molecule has 0 radical (unpaired) electrons. The largest absolute Gasteiger partial charge is 0.460 e. The molecule has 98 valence electrons. The van der Waals surface area contributed by atoms with E-state index in [0.29, 0.717) is 0 Å². The van der Waals surface area contributed by atoms with Crippen LogP contribution in [0.25, 0.3) is 11.5 Å². The Bertz CT molecular complexity index is 511. The normalized spacial score (nSPS) is 12.0. The average Bonchev–Trinajstić information content (AvgIpc) is 2.94. The van der Waals surface area contributed by atoms with E-state index < -0.39 is 0 Å². The van der Waals surface area contributed by atoms with E-state index in [0.717, 1.165) is 35.7 Å². The topological polar surface area (TPSA) is 53.9 Å². The minimum atomic E-state index is 0.133. The third-order valence-corrected chi connectivity index (χ3v) is 3.35. The molecule has 0 unspecified atom stereocenters. The Morgan fingerprint density at radius 1 is 1.39 bits per heavy atom. The average molecular weight is 247 g/mol. The molecule has 18 heavy (non-hydrogen) atoms. The van der Waals surface area contributed by atoms with Crippen molar-refractivity contribution in [3.63, 3.8) is 0 Å². The maximum atomic E-state index is 5.63. The van der Waals surface area contributed by atoms with Crippen LogP contribution in [0.4, 0.5) is 0 Å². The highest BCUT2D eigenvalue weighted by atomic mass is 16.3. The monoisotopic (exact) mass is 247 g/mol. The molecule has 0 aromatic carbocycles. The van der Waals surface area contributed by atoms with Crippen LogP contribution in [0.1, 0.15) is 38.5 Å². The van der Waals surface area contributed by atoms with Crippen LogP contribution in [-0.4, -0.2) is 15.7 Å². The smallest absolute Gasteiger partial charge is 0.152 e. The molecule has 0 amide bonds. The van der Waals surface area contributed by atoms with Crippen molar-refractivity contribution in [2.75, 3.05) is 0 Å². The molecular formula is C14H21N3O. The number of nitrogens with one attached hydrogen (secondary N) is 2. The number of hydrogen-bond donors (Lipinski definition) is 2. The van der Waals surface area contributed by atoms with E-state index in [2.05, 4.69) is 36.3 Å².